The maximum absolute atomic E-state index is 12.5. The fourth-order valence-electron chi connectivity index (χ4n) is 2.59. The van der Waals surface area contributed by atoms with Crippen molar-refractivity contribution < 1.29 is 9.90 Å². The van der Waals surface area contributed by atoms with E-state index in [-0.39, 0.29) is 17.9 Å². The van der Waals surface area contributed by atoms with Gasteiger partial charge in [0.05, 0.1) is 17.0 Å². The van der Waals surface area contributed by atoms with E-state index in [4.69, 9.17) is 16.7 Å². The van der Waals surface area contributed by atoms with Gasteiger partial charge in [0, 0.05) is 22.7 Å². The molecule has 2 aromatic rings. The van der Waals surface area contributed by atoms with Gasteiger partial charge in [-0.1, -0.05) is 17.7 Å². The molecule has 0 spiro atoms. The molecule has 0 radical (unpaired) electrons. The fraction of sp³-hybridized carbons (Fsp3) is 0.333. The Kier molecular flexibility index (Phi) is 3.86. The average molecular weight is 294 g/mol. The van der Waals surface area contributed by atoms with Crippen molar-refractivity contribution in [1.82, 2.24) is 4.57 Å². The van der Waals surface area contributed by atoms with Crippen molar-refractivity contribution in [2.24, 2.45) is 0 Å². The molecule has 1 aromatic heterocycles. The lowest BCUT2D eigenvalue weighted by atomic mass is 10.0. The first kappa shape index (κ1) is 14.6. The number of carboxylic acids is 1. The number of hydrogen-bond donors (Lipinski definition) is 1. The minimum atomic E-state index is -1.01. The highest BCUT2D eigenvalue weighted by molar-refractivity contribution is 6.35. The summed E-state index contributed by atoms with van der Waals surface area (Å²) in [5.41, 5.74) is 1.40. The molecule has 0 aliphatic carbocycles. The van der Waals surface area contributed by atoms with Gasteiger partial charge in [0.2, 0.25) is 0 Å². The molecule has 0 aliphatic heterocycles. The summed E-state index contributed by atoms with van der Waals surface area (Å²) in [4.78, 5) is 23.5. The van der Waals surface area contributed by atoms with Crippen molar-refractivity contribution >= 4 is 28.5 Å². The summed E-state index contributed by atoms with van der Waals surface area (Å²) in [7, 11) is 0. The normalized spacial score (nSPS) is 11.2. The van der Waals surface area contributed by atoms with E-state index in [9.17, 15) is 9.59 Å². The van der Waals surface area contributed by atoms with Crippen LogP contribution in [0.5, 0.6) is 0 Å². The van der Waals surface area contributed by atoms with Crippen molar-refractivity contribution in [1.29, 1.82) is 0 Å². The number of halogens is 1. The number of carbonyl (C=O) groups is 1. The molecule has 1 aromatic carbocycles. The van der Waals surface area contributed by atoms with Crippen LogP contribution < -0.4 is 5.43 Å². The Morgan fingerprint density at radius 3 is 2.60 bits per heavy atom. The van der Waals surface area contributed by atoms with Crippen molar-refractivity contribution in [2.45, 2.75) is 33.2 Å². The maximum Gasteiger partial charge on any atom is 0.308 e. The van der Waals surface area contributed by atoms with E-state index in [0.29, 0.717) is 27.2 Å². The molecule has 2 rings (SSSR count). The van der Waals surface area contributed by atoms with Crippen LogP contribution in [0.3, 0.4) is 0 Å². The van der Waals surface area contributed by atoms with E-state index in [1.807, 2.05) is 18.4 Å². The maximum atomic E-state index is 12.5. The number of fused-ring (bicyclic) bond motifs is 1. The number of nitrogens with zero attached hydrogens (tertiary/aromatic N) is 1. The number of aliphatic carboxylic acids is 1. The number of aromatic nitrogens is 1. The van der Waals surface area contributed by atoms with E-state index < -0.39 is 5.97 Å². The zero-order chi connectivity index (χ0) is 15.0. The highest BCUT2D eigenvalue weighted by atomic mass is 35.5. The van der Waals surface area contributed by atoms with Crippen LogP contribution in [0.15, 0.2) is 23.0 Å². The van der Waals surface area contributed by atoms with Gasteiger partial charge in [0.15, 0.2) is 5.43 Å². The molecule has 5 heteroatoms. The fourth-order valence-corrected chi connectivity index (χ4v) is 2.85. The molecule has 0 bridgehead atoms. The molecule has 0 amide bonds. The Labute approximate surface area is 121 Å². The topological polar surface area (TPSA) is 59.3 Å². The van der Waals surface area contributed by atoms with Gasteiger partial charge >= 0.3 is 5.97 Å². The molecule has 106 valence electrons. The Hall–Kier alpha value is -1.81. The molecule has 0 saturated carbocycles. The molecule has 4 nitrogen and oxygen atoms in total. The Balaban J connectivity index is 2.99. The lowest BCUT2D eigenvalue weighted by Gasteiger charge is -2.21. The highest BCUT2D eigenvalue weighted by Gasteiger charge is 2.19. The van der Waals surface area contributed by atoms with Crippen molar-refractivity contribution in [3.05, 3.63) is 44.7 Å². The molecule has 0 unspecified atom stereocenters. The van der Waals surface area contributed by atoms with E-state index in [1.165, 1.54) is 0 Å². The van der Waals surface area contributed by atoms with Gasteiger partial charge in [0.25, 0.3) is 0 Å². The van der Waals surface area contributed by atoms with Crippen molar-refractivity contribution in [2.75, 3.05) is 0 Å². The molecule has 0 fully saturated rings. The lowest BCUT2D eigenvalue weighted by molar-refractivity contribution is -0.136. The van der Waals surface area contributed by atoms with Gasteiger partial charge < -0.3 is 9.67 Å². The standard InChI is InChI=1S/C15H16ClNO3/c1-8(2)17-9(3)11(7-13(18)19)15(20)10-5-4-6-12(16)14(10)17/h4-6,8H,7H2,1-3H3,(H,18,19). The van der Waals surface area contributed by atoms with Crippen LogP contribution in [0.1, 0.15) is 31.1 Å². The molecular formula is C15H16ClNO3. The van der Waals surface area contributed by atoms with Crippen molar-refractivity contribution in [3.8, 4) is 0 Å². The third-order valence-corrected chi connectivity index (χ3v) is 3.69. The minimum absolute atomic E-state index is 0.0746. The van der Waals surface area contributed by atoms with Gasteiger partial charge in [-0.2, -0.15) is 0 Å². The van der Waals surface area contributed by atoms with Crippen LogP contribution in [-0.4, -0.2) is 15.6 Å². The highest BCUT2D eigenvalue weighted by Crippen LogP contribution is 2.27. The van der Waals surface area contributed by atoms with E-state index in [1.54, 1.807) is 25.1 Å². The molecular weight excluding hydrogens is 278 g/mol. The lowest BCUT2D eigenvalue weighted by Crippen LogP contribution is -2.22. The van der Waals surface area contributed by atoms with Crippen LogP contribution in [0.25, 0.3) is 10.9 Å². The second kappa shape index (κ2) is 5.29. The van der Waals surface area contributed by atoms with Gasteiger partial charge in [0.1, 0.15) is 0 Å². The van der Waals surface area contributed by atoms with Gasteiger partial charge in [-0.05, 0) is 32.9 Å². The van der Waals surface area contributed by atoms with Gasteiger partial charge in [-0.15, -0.1) is 0 Å². The first-order valence-corrected chi connectivity index (χ1v) is 6.76. The third-order valence-electron chi connectivity index (χ3n) is 3.39. The van der Waals surface area contributed by atoms with Crippen LogP contribution in [0.2, 0.25) is 5.02 Å². The molecule has 1 N–H and O–H groups in total. The molecule has 0 aliphatic rings. The van der Waals surface area contributed by atoms with Crippen molar-refractivity contribution in [3.63, 3.8) is 0 Å². The smallest absolute Gasteiger partial charge is 0.308 e. The summed E-state index contributed by atoms with van der Waals surface area (Å²) in [6, 6.07) is 5.20. The number of pyridine rings is 1. The summed E-state index contributed by atoms with van der Waals surface area (Å²) < 4.78 is 1.93. The molecule has 0 atom stereocenters. The van der Waals surface area contributed by atoms with Gasteiger partial charge in [-0.3, -0.25) is 9.59 Å². The quantitative estimate of drug-likeness (QED) is 0.945. The minimum Gasteiger partial charge on any atom is -0.481 e. The summed E-state index contributed by atoms with van der Waals surface area (Å²) in [6.07, 6.45) is -0.278. The predicted octanol–water partition coefficient (Wildman–Crippen LogP) is 3.17. The monoisotopic (exact) mass is 293 g/mol. The van der Waals surface area contributed by atoms with Gasteiger partial charge in [-0.25, -0.2) is 0 Å². The third kappa shape index (κ3) is 2.31. The summed E-state index contributed by atoms with van der Waals surface area (Å²) >= 11 is 6.23. The Bertz CT molecular complexity index is 747. The number of carboxylic acid groups (broad SMARTS) is 1. The Morgan fingerprint density at radius 2 is 2.05 bits per heavy atom. The largest absolute Gasteiger partial charge is 0.481 e. The summed E-state index contributed by atoms with van der Waals surface area (Å²) in [6.45, 7) is 5.72. The number of hydrogen-bond acceptors (Lipinski definition) is 2. The second-order valence-electron chi connectivity index (χ2n) is 5.06. The summed E-state index contributed by atoms with van der Waals surface area (Å²) in [5, 5.41) is 9.96. The SMILES string of the molecule is Cc1c(CC(=O)O)c(=O)c2cccc(Cl)c2n1C(C)C. The average Bonchev–Trinajstić information content (AvgIpc) is 2.35. The number of para-hydroxylation sites is 1. The van der Waals surface area contributed by atoms with Crippen LogP contribution >= 0.6 is 11.6 Å². The number of rotatable bonds is 3. The summed E-state index contributed by atoms with van der Waals surface area (Å²) in [5.74, 6) is -1.01. The molecule has 1 heterocycles. The zero-order valence-electron chi connectivity index (χ0n) is 11.6. The van der Waals surface area contributed by atoms with Crippen LogP contribution in [0, 0.1) is 6.92 Å². The first-order valence-electron chi connectivity index (χ1n) is 6.38. The van der Waals surface area contributed by atoms with Crippen LogP contribution in [-0.2, 0) is 11.2 Å². The molecule has 0 saturated heterocycles. The Morgan fingerprint density at radius 1 is 1.40 bits per heavy atom. The van der Waals surface area contributed by atoms with Crippen LogP contribution in [0.4, 0.5) is 0 Å². The zero-order valence-corrected chi connectivity index (χ0v) is 12.4. The molecule has 20 heavy (non-hydrogen) atoms. The predicted molar refractivity (Wildman–Crippen MR) is 79.7 cm³/mol. The first-order chi connectivity index (χ1) is 9.34. The second-order valence-corrected chi connectivity index (χ2v) is 5.47. The van der Waals surface area contributed by atoms with E-state index in [2.05, 4.69) is 0 Å². The van der Waals surface area contributed by atoms with E-state index in [0.717, 1.165) is 0 Å². The van der Waals surface area contributed by atoms with E-state index >= 15 is 0 Å². The number of benzene rings is 1.